The van der Waals surface area contributed by atoms with Crippen LogP contribution < -0.4 is 16.1 Å². The molecule has 4 aliphatic rings. The van der Waals surface area contributed by atoms with Crippen LogP contribution in [0.15, 0.2) is 72.8 Å². The molecule has 2 aromatic rings. The van der Waals surface area contributed by atoms with Gasteiger partial charge in [-0.2, -0.15) is 0 Å². The quantitative estimate of drug-likeness (QED) is 0.337. The van der Waals surface area contributed by atoms with Crippen LogP contribution in [0.5, 0.6) is 0 Å². The molecule has 270 valence electrons. The van der Waals surface area contributed by atoms with Gasteiger partial charge in [-0.25, -0.2) is 15.0 Å². The minimum atomic E-state index is -1.47. The molecule has 3 aliphatic heterocycles. The predicted molar refractivity (Wildman–Crippen MR) is 190 cm³/mol. The highest BCUT2D eigenvalue weighted by molar-refractivity contribution is 6.28. The Bertz CT molecular complexity index is 1720. The monoisotopic (exact) mass is 697 g/mol. The van der Waals surface area contributed by atoms with Gasteiger partial charge in [-0.1, -0.05) is 85.7 Å². The summed E-state index contributed by atoms with van der Waals surface area (Å²) in [4.78, 5) is 70.0. The van der Waals surface area contributed by atoms with E-state index in [0.29, 0.717) is 25.0 Å². The van der Waals surface area contributed by atoms with Crippen molar-refractivity contribution in [1.82, 2.24) is 26.0 Å². The Morgan fingerprint density at radius 2 is 1.65 bits per heavy atom. The Morgan fingerprint density at radius 1 is 0.961 bits per heavy atom. The number of ether oxygens (including phenoxy) is 1. The minimum absolute atomic E-state index is 0.00565. The Morgan fingerprint density at radius 3 is 2.31 bits per heavy atom. The Labute approximate surface area is 298 Å². The lowest BCUT2D eigenvalue weighted by Gasteiger charge is -2.36. The first-order chi connectivity index (χ1) is 24.4. The maximum absolute atomic E-state index is 14.5. The highest BCUT2D eigenvalue weighted by atomic mass is 16.6. The van der Waals surface area contributed by atoms with Gasteiger partial charge in [-0.3, -0.25) is 19.4 Å². The molecule has 12 heteroatoms. The van der Waals surface area contributed by atoms with Gasteiger partial charge in [0.15, 0.2) is 0 Å². The normalized spacial score (nSPS) is 28.1. The molecule has 0 spiro atoms. The largest absolute Gasteiger partial charge is 0.479 e. The van der Waals surface area contributed by atoms with Crippen molar-refractivity contribution in [3.8, 4) is 0 Å². The first kappa shape index (κ1) is 35.8. The maximum Gasteiger partial charge on any atom is 0.408 e. The topological polar surface area (TPSA) is 157 Å². The number of benzene rings is 2. The van der Waals surface area contributed by atoms with Gasteiger partial charge in [0.1, 0.15) is 23.2 Å². The molecule has 0 aromatic heterocycles. The van der Waals surface area contributed by atoms with Crippen molar-refractivity contribution >= 4 is 40.9 Å². The number of aliphatic carboxylic acids is 1. The molecule has 12 nitrogen and oxygen atoms in total. The lowest BCUT2D eigenvalue weighted by atomic mass is 9.92. The second-order valence-electron chi connectivity index (χ2n) is 14.8. The molecule has 1 saturated carbocycles. The van der Waals surface area contributed by atoms with E-state index >= 15 is 0 Å². The van der Waals surface area contributed by atoms with E-state index in [1.54, 1.807) is 20.8 Å². The zero-order valence-corrected chi connectivity index (χ0v) is 29.4. The molecule has 2 fully saturated rings. The number of fused-ring (bicyclic) bond motifs is 2. The van der Waals surface area contributed by atoms with E-state index < -0.39 is 53.1 Å². The Balaban J connectivity index is 1.34. The Kier molecular flexibility index (Phi) is 10.3. The maximum atomic E-state index is 14.5. The molecule has 2 aromatic carbocycles. The smallest absolute Gasteiger partial charge is 0.408 e. The molecule has 51 heavy (non-hydrogen) atoms. The van der Waals surface area contributed by atoms with Crippen LogP contribution in [0.3, 0.4) is 0 Å². The SMILES string of the molecule is CC(C)(C)OC(=O)N[C@H]1CCCCC/C=C\[C@H]2C[C@@]2(C(=O)O)NC(=O)C2C[C@@H](N3NCC(c4ccccc4)=C(c4ccccc4)C3=O)CN2C1=O. The van der Waals surface area contributed by atoms with E-state index in [-0.39, 0.29) is 31.2 Å². The number of carbonyl (C=O) groups is 5. The van der Waals surface area contributed by atoms with Gasteiger partial charge in [0, 0.05) is 25.4 Å². The fourth-order valence-corrected chi connectivity index (χ4v) is 7.37. The molecule has 1 unspecified atom stereocenters. The van der Waals surface area contributed by atoms with Crippen molar-refractivity contribution in [3.05, 3.63) is 83.9 Å². The van der Waals surface area contributed by atoms with Gasteiger partial charge in [0.2, 0.25) is 11.8 Å². The fraction of sp³-hybridized carbons (Fsp3) is 0.462. The molecule has 5 atom stereocenters. The van der Waals surface area contributed by atoms with Crippen molar-refractivity contribution < 1.29 is 33.8 Å². The summed E-state index contributed by atoms with van der Waals surface area (Å²) in [7, 11) is 0. The van der Waals surface area contributed by atoms with Crippen LogP contribution in [0.1, 0.15) is 76.8 Å². The minimum Gasteiger partial charge on any atom is -0.479 e. The molecule has 4 N–H and O–H groups in total. The van der Waals surface area contributed by atoms with E-state index in [2.05, 4.69) is 16.1 Å². The summed E-state index contributed by atoms with van der Waals surface area (Å²) < 4.78 is 5.49. The first-order valence-corrected chi connectivity index (χ1v) is 17.8. The third kappa shape index (κ3) is 7.85. The third-order valence-corrected chi connectivity index (χ3v) is 10.0. The van der Waals surface area contributed by atoms with Crippen LogP contribution in [0.2, 0.25) is 0 Å². The van der Waals surface area contributed by atoms with E-state index in [1.165, 1.54) is 9.91 Å². The highest BCUT2D eigenvalue weighted by Crippen LogP contribution is 2.45. The van der Waals surface area contributed by atoms with Crippen molar-refractivity contribution in [1.29, 1.82) is 0 Å². The lowest BCUT2D eigenvalue weighted by molar-refractivity contribution is -0.145. The van der Waals surface area contributed by atoms with Crippen molar-refractivity contribution in [2.24, 2.45) is 5.92 Å². The van der Waals surface area contributed by atoms with Crippen LogP contribution in [0.4, 0.5) is 4.79 Å². The van der Waals surface area contributed by atoms with Gasteiger partial charge < -0.3 is 25.4 Å². The van der Waals surface area contributed by atoms with Crippen LogP contribution in [-0.4, -0.2) is 87.2 Å². The summed E-state index contributed by atoms with van der Waals surface area (Å²) in [5.41, 5.74) is 3.98. The molecule has 1 aliphatic carbocycles. The summed E-state index contributed by atoms with van der Waals surface area (Å²) in [6.07, 6.45) is 6.67. The summed E-state index contributed by atoms with van der Waals surface area (Å²) in [5.74, 6) is -2.90. The second-order valence-corrected chi connectivity index (χ2v) is 14.8. The number of allylic oxidation sites excluding steroid dienone is 1. The number of carboxylic acids is 1. The number of hydrogen-bond donors (Lipinski definition) is 4. The first-order valence-electron chi connectivity index (χ1n) is 17.8. The molecular formula is C39H47N5O7. The summed E-state index contributed by atoms with van der Waals surface area (Å²) in [6, 6.07) is 16.3. The van der Waals surface area contributed by atoms with Crippen molar-refractivity contribution in [2.45, 2.75) is 95.0 Å². The zero-order valence-electron chi connectivity index (χ0n) is 29.4. The van der Waals surface area contributed by atoms with Gasteiger partial charge in [0.05, 0.1) is 11.6 Å². The molecular weight excluding hydrogens is 650 g/mol. The number of rotatable bonds is 5. The van der Waals surface area contributed by atoms with Crippen molar-refractivity contribution in [3.63, 3.8) is 0 Å². The van der Waals surface area contributed by atoms with E-state index in [1.807, 2.05) is 72.8 Å². The van der Waals surface area contributed by atoms with E-state index in [4.69, 9.17) is 4.74 Å². The van der Waals surface area contributed by atoms with E-state index in [0.717, 1.165) is 36.0 Å². The zero-order chi connectivity index (χ0) is 36.3. The number of alkyl carbamates (subject to hydrolysis) is 1. The number of hydrogen-bond acceptors (Lipinski definition) is 7. The second kappa shape index (κ2) is 14.7. The fourth-order valence-electron chi connectivity index (χ4n) is 7.37. The van der Waals surface area contributed by atoms with Gasteiger partial charge in [-0.05, 0) is 63.2 Å². The van der Waals surface area contributed by atoms with Crippen LogP contribution in [0.25, 0.3) is 11.1 Å². The van der Waals surface area contributed by atoms with Crippen LogP contribution in [-0.2, 0) is 23.9 Å². The number of hydrazine groups is 1. The summed E-state index contributed by atoms with van der Waals surface area (Å²) in [5, 5.41) is 17.3. The highest BCUT2D eigenvalue weighted by Gasteiger charge is 2.61. The number of amides is 4. The molecule has 0 radical (unpaired) electrons. The number of carbonyl (C=O) groups excluding carboxylic acids is 4. The van der Waals surface area contributed by atoms with Gasteiger partial charge in [0.25, 0.3) is 5.91 Å². The number of carboxylic acid groups (broad SMARTS) is 1. The molecule has 0 bridgehead atoms. The number of nitrogens with one attached hydrogen (secondary N) is 3. The standard InChI is InChI=1S/C39H47N5O7/c1-38(2,3)51-37(50)41-30-20-14-6-4-5-13-19-27-22-39(27,36(48)49)42-33(45)31-21-28(24-43(31)34(30)46)44-35(47)32(26-17-11-8-12-18-26)29(23-40-44)25-15-9-7-10-16-25/h7-13,15-19,27-28,30-31,40H,4-6,14,20-24H2,1-3H3,(H,41,50)(H,42,45)(H,48,49)/b19-13-/t27-,28+,30-,31?,39+/m0/s1. The third-order valence-electron chi connectivity index (χ3n) is 10.0. The number of nitrogens with zero attached hydrogens (tertiary/aromatic N) is 2. The summed E-state index contributed by atoms with van der Waals surface area (Å²) in [6.45, 7) is 5.51. The van der Waals surface area contributed by atoms with E-state index in [9.17, 15) is 29.1 Å². The molecule has 6 rings (SSSR count). The average Bonchev–Trinajstić information content (AvgIpc) is 3.61. The lowest BCUT2D eigenvalue weighted by Crippen LogP contribution is -2.57. The Hall–Kier alpha value is -4.97. The molecule has 1 saturated heterocycles. The van der Waals surface area contributed by atoms with Crippen LogP contribution in [0, 0.1) is 5.92 Å². The van der Waals surface area contributed by atoms with Crippen molar-refractivity contribution in [2.75, 3.05) is 13.1 Å². The predicted octanol–water partition coefficient (Wildman–Crippen LogP) is 4.29. The summed E-state index contributed by atoms with van der Waals surface area (Å²) >= 11 is 0. The molecule has 4 amide bonds. The molecule has 3 heterocycles. The van der Waals surface area contributed by atoms with Gasteiger partial charge >= 0.3 is 12.1 Å². The van der Waals surface area contributed by atoms with Gasteiger partial charge in [-0.15, -0.1) is 0 Å². The average molecular weight is 698 g/mol. The van der Waals surface area contributed by atoms with Crippen LogP contribution >= 0.6 is 0 Å².